The molecular formula is C11H18ClN3O. The van der Waals surface area contributed by atoms with E-state index >= 15 is 0 Å². The average molecular weight is 244 g/mol. The third-order valence-electron chi connectivity index (χ3n) is 2.09. The van der Waals surface area contributed by atoms with Crippen molar-refractivity contribution in [2.75, 3.05) is 27.2 Å². The minimum absolute atomic E-state index is 0.438. The Bertz CT molecular complexity index is 331. The van der Waals surface area contributed by atoms with Gasteiger partial charge >= 0.3 is 0 Å². The highest BCUT2D eigenvalue weighted by atomic mass is 35.5. The second-order valence-corrected chi connectivity index (χ2v) is 4.25. The van der Waals surface area contributed by atoms with Crippen LogP contribution in [0.15, 0.2) is 12.3 Å². The van der Waals surface area contributed by atoms with E-state index in [9.17, 15) is 0 Å². The van der Waals surface area contributed by atoms with Gasteiger partial charge in [-0.2, -0.15) is 0 Å². The molecule has 4 nitrogen and oxygen atoms in total. The van der Waals surface area contributed by atoms with Crippen LogP contribution in [-0.4, -0.2) is 37.1 Å². The highest BCUT2D eigenvalue weighted by Gasteiger charge is 2.04. The quantitative estimate of drug-likeness (QED) is 0.770. The first-order chi connectivity index (χ1) is 7.63. The van der Waals surface area contributed by atoms with E-state index in [4.69, 9.17) is 22.1 Å². The number of hydrogen-bond donors (Lipinski definition) is 1. The number of pyridine rings is 1. The fraction of sp³-hybridized carbons (Fsp3) is 0.545. The molecule has 1 aromatic heterocycles. The van der Waals surface area contributed by atoms with Crippen molar-refractivity contribution in [2.45, 2.75) is 13.0 Å². The maximum Gasteiger partial charge on any atom is 0.232 e. The van der Waals surface area contributed by atoms with Crippen LogP contribution in [0, 0.1) is 0 Å². The molecule has 0 aliphatic heterocycles. The largest absolute Gasteiger partial charge is 0.477 e. The summed E-state index contributed by atoms with van der Waals surface area (Å²) in [5.41, 5.74) is 6.39. The van der Waals surface area contributed by atoms with E-state index in [2.05, 4.69) is 9.88 Å². The molecule has 0 spiro atoms. The third-order valence-corrected chi connectivity index (χ3v) is 2.36. The van der Waals surface area contributed by atoms with Gasteiger partial charge in [-0.15, -0.1) is 0 Å². The molecule has 16 heavy (non-hydrogen) atoms. The normalized spacial score (nSPS) is 10.8. The van der Waals surface area contributed by atoms with Crippen LogP contribution in [0.2, 0.25) is 5.02 Å². The number of halogens is 1. The van der Waals surface area contributed by atoms with Crippen LogP contribution in [0.4, 0.5) is 0 Å². The number of ether oxygens (including phenoxy) is 1. The van der Waals surface area contributed by atoms with Gasteiger partial charge in [0.25, 0.3) is 0 Å². The number of nitrogens with two attached hydrogens (primary N) is 1. The van der Waals surface area contributed by atoms with Crippen LogP contribution in [0.3, 0.4) is 0 Å². The van der Waals surface area contributed by atoms with Crippen molar-refractivity contribution >= 4 is 11.6 Å². The van der Waals surface area contributed by atoms with Crippen molar-refractivity contribution in [3.8, 4) is 5.88 Å². The Hall–Kier alpha value is -0.840. The minimum atomic E-state index is 0.438. The first-order valence-electron chi connectivity index (χ1n) is 5.25. The molecule has 0 fully saturated rings. The van der Waals surface area contributed by atoms with Crippen LogP contribution >= 0.6 is 11.6 Å². The van der Waals surface area contributed by atoms with Crippen molar-refractivity contribution < 1.29 is 4.74 Å². The predicted octanol–water partition coefficient (Wildman–Crippen LogP) is 1.52. The minimum Gasteiger partial charge on any atom is -0.477 e. The lowest BCUT2D eigenvalue weighted by Crippen LogP contribution is -2.15. The Morgan fingerprint density at radius 1 is 1.50 bits per heavy atom. The zero-order valence-corrected chi connectivity index (χ0v) is 10.5. The molecule has 0 aromatic carbocycles. The molecule has 0 atom stereocenters. The summed E-state index contributed by atoms with van der Waals surface area (Å²) in [6.07, 6.45) is 2.64. The summed E-state index contributed by atoms with van der Waals surface area (Å²) in [4.78, 5) is 6.23. The van der Waals surface area contributed by atoms with Crippen LogP contribution in [0.25, 0.3) is 0 Å². The third kappa shape index (κ3) is 4.35. The maximum absolute atomic E-state index is 6.00. The molecule has 0 aliphatic rings. The summed E-state index contributed by atoms with van der Waals surface area (Å²) < 4.78 is 5.48. The highest BCUT2D eigenvalue weighted by molar-refractivity contribution is 6.31. The van der Waals surface area contributed by atoms with E-state index in [1.165, 1.54) is 0 Å². The van der Waals surface area contributed by atoms with Crippen molar-refractivity contribution in [3.05, 3.63) is 22.8 Å². The first-order valence-corrected chi connectivity index (χ1v) is 5.63. The fourth-order valence-electron chi connectivity index (χ4n) is 1.23. The Balaban J connectivity index is 2.42. The highest BCUT2D eigenvalue weighted by Crippen LogP contribution is 2.22. The molecule has 0 saturated carbocycles. The van der Waals surface area contributed by atoms with Gasteiger partial charge in [0.05, 0.1) is 6.61 Å². The van der Waals surface area contributed by atoms with E-state index in [0.29, 0.717) is 24.1 Å². The molecule has 0 aliphatic carbocycles. The Morgan fingerprint density at radius 3 is 2.81 bits per heavy atom. The van der Waals surface area contributed by atoms with Crippen LogP contribution in [-0.2, 0) is 6.54 Å². The second-order valence-electron chi connectivity index (χ2n) is 3.84. The molecule has 0 radical (unpaired) electrons. The molecule has 90 valence electrons. The summed E-state index contributed by atoms with van der Waals surface area (Å²) in [5.74, 6) is 0.484. The van der Waals surface area contributed by atoms with E-state index in [0.717, 1.165) is 18.5 Å². The maximum atomic E-state index is 6.00. The molecule has 5 heteroatoms. The molecule has 0 amide bonds. The van der Waals surface area contributed by atoms with E-state index in [1.54, 1.807) is 12.3 Å². The topological polar surface area (TPSA) is 51.4 Å². The van der Waals surface area contributed by atoms with E-state index in [-0.39, 0.29) is 0 Å². The smallest absolute Gasteiger partial charge is 0.232 e. The van der Waals surface area contributed by atoms with Crippen molar-refractivity contribution in [1.82, 2.24) is 9.88 Å². The van der Waals surface area contributed by atoms with Crippen molar-refractivity contribution in [2.24, 2.45) is 5.73 Å². The van der Waals surface area contributed by atoms with Gasteiger partial charge in [0.1, 0.15) is 5.02 Å². The zero-order valence-electron chi connectivity index (χ0n) is 9.74. The van der Waals surface area contributed by atoms with Gasteiger partial charge in [-0.1, -0.05) is 11.6 Å². The number of aromatic nitrogens is 1. The number of rotatable bonds is 6. The van der Waals surface area contributed by atoms with Crippen LogP contribution in [0.1, 0.15) is 12.0 Å². The summed E-state index contributed by atoms with van der Waals surface area (Å²) in [5, 5.41) is 0.521. The Kier molecular flexibility index (Phi) is 5.52. The van der Waals surface area contributed by atoms with E-state index < -0.39 is 0 Å². The summed E-state index contributed by atoms with van der Waals surface area (Å²) in [6.45, 7) is 2.04. The number of hydrogen-bond acceptors (Lipinski definition) is 4. The molecule has 0 unspecified atom stereocenters. The van der Waals surface area contributed by atoms with Gasteiger partial charge in [-0.05, 0) is 32.1 Å². The lowest BCUT2D eigenvalue weighted by Gasteiger charge is -2.10. The second kappa shape index (κ2) is 6.68. The van der Waals surface area contributed by atoms with Gasteiger partial charge in [0.2, 0.25) is 5.88 Å². The summed E-state index contributed by atoms with van der Waals surface area (Å²) in [6, 6.07) is 1.79. The van der Waals surface area contributed by atoms with Crippen LogP contribution in [0.5, 0.6) is 5.88 Å². The average Bonchev–Trinajstić information content (AvgIpc) is 2.25. The lowest BCUT2D eigenvalue weighted by atomic mass is 10.3. The molecule has 2 N–H and O–H groups in total. The Labute approximate surface area is 101 Å². The van der Waals surface area contributed by atoms with E-state index in [1.807, 2.05) is 14.1 Å². The van der Waals surface area contributed by atoms with Gasteiger partial charge in [-0.3, -0.25) is 0 Å². The summed E-state index contributed by atoms with van der Waals surface area (Å²) >= 11 is 6.00. The molecular weight excluding hydrogens is 226 g/mol. The molecule has 1 rings (SSSR count). The van der Waals surface area contributed by atoms with Crippen molar-refractivity contribution in [1.29, 1.82) is 0 Å². The van der Waals surface area contributed by atoms with Gasteiger partial charge in [0.15, 0.2) is 0 Å². The lowest BCUT2D eigenvalue weighted by molar-refractivity contribution is 0.273. The van der Waals surface area contributed by atoms with Crippen LogP contribution < -0.4 is 10.5 Å². The van der Waals surface area contributed by atoms with Crippen molar-refractivity contribution in [3.63, 3.8) is 0 Å². The molecule has 0 bridgehead atoms. The molecule has 1 aromatic rings. The Morgan fingerprint density at radius 2 is 2.25 bits per heavy atom. The molecule has 0 saturated heterocycles. The SMILES string of the molecule is CN(C)CCCOc1ncc(CN)cc1Cl. The standard InChI is InChI=1S/C11H18ClN3O/c1-15(2)4-3-5-16-11-10(12)6-9(7-13)8-14-11/h6,8H,3-5,7,13H2,1-2H3. The molecule has 1 heterocycles. The first kappa shape index (κ1) is 13.2. The monoisotopic (exact) mass is 243 g/mol. The zero-order chi connectivity index (χ0) is 12.0. The fourth-order valence-corrected chi connectivity index (χ4v) is 1.48. The predicted molar refractivity (Wildman–Crippen MR) is 65.8 cm³/mol. The van der Waals surface area contributed by atoms with Gasteiger partial charge < -0.3 is 15.4 Å². The summed E-state index contributed by atoms with van der Waals surface area (Å²) in [7, 11) is 4.06. The van der Waals surface area contributed by atoms with Gasteiger partial charge in [0, 0.05) is 19.3 Å². The van der Waals surface area contributed by atoms with Gasteiger partial charge in [-0.25, -0.2) is 4.98 Å². The number of nitrogens with zero attached hydrogens (tertiary/aromatic N) is 2.